The molecule has 0 saturated carbocycles. The van der Waals surface area contributed by atoms with E-state index < -0.39 is 17.8 Å². The molecule has 0 radical (unpaired) electrons. The van der Waals surface area contributed by atoms with Crippen LogP contribution in [0.15, 0.2) is 48.5 Å². The molecule has 1 atom stereocenters. The van der Waals surface area contributed by atoms with E-state index in [4.69, 9.17) is 0 Å². The van der Waals surface area contributed by atoms with Crippen molar-refractivity contribution in [3.05, 3.63) is 59.7 Å². The normalized spacial score (nSPS) is 12.9. The number of hydrogen-bond donors (Lipinski definition) is 2. The van der Waals surface area contributed by atoms with E-state index in [1.807, 2.05) is 43.3 Å². The van der Waals surface area contributed by atoms with Gasteiger partial charge in [-0.15, -0.1) is 0 Å². The maximum absolute atomic E-state index is 13.2. The second kappa shape index (κ2) is 9.38. The van der Waals surface area contributed by atoms with Crippen LogP contribution in [-0.4, -0.2) is 59.9 Å². The predicted molar refractivity (Wildman–Crippen MR) is 115 cm³/mol. The first-order valence-corrected chi connectivity index (χ1v) is 9.90. The lowest BCUT2D eigenvalue weighted by atomic mass is 10.0. The van der Waals surface area contributed by atoms with Crippen molar-refractivity contribution in [3.63, 3.8) is 0 Å². The largest absolute Gasteiger partial charge is 0.416 e. The van der Waals surface area contributed by atoms with E-state index in [0.717, 1.165) is 23.2 Å². The minimum absolute atomic E-state index is 0.0116. The number of carbonyl (C=O) groups is 1. The van der Waals surface area contributed by atoms with Crippen LogP contribution in [0.3, 0.4) is 0 Å². The molecule has 6 nitrogen and oxygen atoms in total. The second-order valence-electron chi connectivity index (χ2n) is 7.75. The van der Waals surface area contributed by atoms with E-state index in [1.165, 1.54) is 6.07 Å². The number of hydrogen-bond acceptors (Lipinski definition) is 4. The van der Waals surface area contributed by atoms with Crippen molar-refractivity contribution in [2.24, 2.45) is 0 Å². The number of fused-ring (bicyclic) bond motifs is 1. The summed E-state index contributed by atoms with van der Waals surface area (Å²) in [6.07, 6.45) is -4.48. The van der Waals surface area contributed by atoms with Crippen molar-refractivity contribution in [1.29, 1.82) is 0 Å². The Morgan fingerprint density at radius 1 is 1.10 bits per heavy atom. The second-order valence-corrected chi connectivity index (χ2v) is 7.75. The zero-order chi connectivity index (χ0) is 22.6. The quantitative estimate of drug-likeness (QED) is 0.560. The van der Waals surface area contributed by atoms with Gasteiger partial charge in [0.05, 0.1) is 29.1 Å². The summed E-state index contributed by atoms with van der Waals surface area (Å²) >= 11 is 0. The van der Waals surface area contributed by atoms with Crippen LogP contribution in [0.2, 0.25) is 0 Å². The average molecular weight is 433 g/mol. The van der Waals surface area contributed by atoms with Crippen LogP contribution in [0.25, 0.3) is 11.0 Å². The molecule has 9 heteroatoms. The first kappa shape index (κ1) is 22.6. The van der Waals surface area contributed by atoms with E-state index in [9.17, 15) is 18.0 Å². The maximum Gasteiger partial charge on any atom is 0.416 e. The molecule has 31 heavy (non-hydrogen) atoms. The highest BCUT2D eigenvalue weighted by molar-refractivity contribution is 5.79. The third kappa shape index (κ3) is 5.97. The number of amides is 1. The van der Waals surface area contributed by atoms with Crippen LogP contribution in [-0.2, 0) is 11.0 Å². The number of rotatable bonds is 8. The summed E-state index contributed by atoms with van der Waals surface area (Å²) in [4.78, 5) is 23.9. The summed E-state index contributed by atoms with van der Waals surface area (Å²) < 4.78 is 39.7. The highest BCUT2D eigenvalue weighted by Gasteiger charge is 2.31. The number of H-pyrrole nitrogens is 1. The van der Waals surface area contributed by atoms with Gasteiger partial charge >= 0.3 is 6.18 Å². The third-order valence-electron chi connectivity index (χ3n) is 5.00. The molecule has 2 N–H and O–H groups in total. The van der Waals surface area contributed by atoms with Gasteiger partial charge in [0.2, 0.25) is 11.9 Å². The Morgan fingerprint density at radius 3 is 2.52 bits per heavy atom. The lowest BCUT2D eigenvalue weighted by molar-refractivity contribution is -0.137. The molecule has 1 amide bonds. The molecule has 166 valence electrons. The maximum atomic E-state index is 13.2. The Morgan fingerprint density at radius 2 is 1.84 bits per heavy atom. The fraction of sp³-hybridized carbons (Fsp3) is 0.364. The van der Waals surface area contributed by atoms with Gasteiger partial charge in [0.25, 0.3) is 0 Å². The number of aromatic nitrogens is 2. The number of anilines is 1. The summed E-state index contributed by atoms with van der Waals surface area (Å²) in [5, 5.41) is 3.12. The van der Waals surface area contributed by atoms with Crippen LogP contribution in [0, 0.1) is 0 Å². The highest BCUT2D eigenvalue weighted by Crippen LogP contribution is 2.32. The van der Waals surface area contributed by atoms with Gasteiger partial charge in [-0.05, 0) is 43.9 Å². The highest BCUT2D eigenvalue weighted by atomic mass is 19.4. The minimum atomic E-state index is -4.47. The van der Waals surface area contributed by atoms with Crippen LogP contribution in [0.5, 0.6) is 0 Å². The number of nitrogens with one attached hydrogen (secondary N) is 2. The van der Waals surface area contributed by atoms with Gasteiger partial charge in [0, 0.05) is 20.1 Å². The number of para-hydroxylation sites is 2. The SMILES string of the molecule is CN(C)CCN(C)C(=O)CC(Nc1nc2ccccc2[nH]1)c1cccc(C(F)(F)F)c1. The number of imidazole rings is 1. The van der Waals surface area contributed by atoms with Crippen molar-refractivity contribution < 1.29 is 18.0 Å². The van der Waals surface area contributed by atoms with Crippen molar-refractivity contribution in [2.45, 2.75) is 18.6 Å². The van der Waals surface area contributed by atoms with Gasteiger partial charge in [-0.25, -0.2) is 4.98 Å². The zero-order valence-electron chi connectivity index (χ0n) is 17.7. The van der Waals surface area contributed by atoms with Crippen molar-refractivity contribution in [1.82, 2.24) is 19.8 Å². The smallest absolute Gasteiger partial charge is 0.348 e. The van der Waals surface area contributed by atoms with Crippen LogP contribution in [0.1, 0.15) is 23.6 Å². The third-order valence-corrected chi connectivity index (χ3v) is 5.00. The predicted octanol–water partition coefficient (Wildman–Crippen LogP) is 4.15. The number of aromatic amines is 1. The monoisotopic (exact) mass is 433 g/mol. The van der Waals surface area contributed by atoms with Crippen molar-refractivity contribution >= 4 is 22.9 Å². The molecule has 0 fully saturated rings. The molecule has 2 aromatic carbocycles. The Bertz CT molecular complexity index is 998. The van der Waals surface area contributed by atoms with Gasteiger partial charge in [-0.2, -0.15) is 13.2 Å². The fourth-order valence-electron chi connectivity index (χ4n) is 3.18. The zero-order valence-corrected chi connectivity index (χ0v) is 17.7. The van der Waals surface area contributed by atoms with Gasteiger partial charge in [0.15, 0.2) is 0 Å². The van der Waals surface area contributed by atoms with Crippen LogP contribution >= 0.6 is 0 Å². The first-order chi connectivity index (χ1) is 14.6. The van der Waals surface area contributed by atoms with Crippen molar-refractivity contribution in [2.75, 3.05) is 39.5 Å². The lowest BCUT2D eigenvalue weighted by Crippen LogP contribution is -2.35. The van der Waals surface area contributed by atoms with Gasteiger partial charge < -0.3 is 20.1 Å². The van der Waals surface area contributed by atoms with E-state index in [1.54, 1.807) is 18.0 Å². The van der Waals surface area contributed by atoms with E-state index >= 15 is 0 Å². The molecule has 3 rings (SSSR count). The Balaban J connectivity index is 1.87. The Kier molecular flexibility index (Phi) is 6.84. The van der Waals surface area contributed by atoms with E-state index in [0.29, 0.717) is 24.6 Å². The van der Waals surface area contributed by atoms with E-state index in [2.05, 4.69) is 15.3 Å². The molecule has 0 aliphatic rings. The molecule has 0 saturated heterocycles. The van der Waals surface area contributed by atoms with Gasteiger partial charge in [-0.1, -0.05) is 24.3 Å². The van der Waals surface area contributed by atoms with E-state index in [-0.39, 0.29) is 12.3 Å². The number of halogens is 3. The number of benzene rings is 2. The van der Waals surface area contributed by atoms with Gasteiger partial charge in [-0.3, -0.25) is 4.79 Å². The molecule has 0 bridgehead atoms. The number of carbonyl (C=O) groups excluding carboxylic acids is 1. The average Bonchev–Trinajstić information content (AvgIpc) is 3.13. The molecular formula is C22H26F3N5O. The summed E-state index contributed by atoms with van der Waals surface area (Å²) in [5.41, 5.74) is 1.13. The molecule has 0 spiro atoms. The van der Waals surface area contributed by atoms with Crippen LogP contribution < -0.4 is 5.32 Å². The molecule has 1 aromatic heterocycles. The molecule has 3 aromatic rings. The molecule has 1 unspecified atom stereocenters. The minimum Gasteiger partial charge on any atom is -0.348 e. The Labute approximate surface area is 179 Å². The summed E-state index contributed by atoms with van der Waals surface area (Å²) in [7, 11) is 5.51. The molecule has 1 heterocycles. The number of likely N-dealkylation sites (N-methyl/N-ethyl adjacent to an activating group) is 2. The van der Waals surface area contributed by atoms with Crippen molar-refractivity contribution in [3.8, 4) is 0 Å². The lowest BCUT2D eigenvalue weighted by Gasteiger charge is -2.24. The molecular weight excluding hydrogens is 407 g/mol. The molecule has 0 aliphatic carbocycles. The Hall–Kier alpha value is -3.07. The summed E-state index contributed by atoms with van der Waals surface area (Å²) in [5.74, 6) is 0.222. The summed E-state index contributed by atoms with van der Waals surface area (Å²) in [6, 6.07) is 11.7. The number of nitrogens with zero attached hydrogens (tertiary/aromatic N) is 3. The van der Waals surface area contributed by atoms with Crippen LogP contribution in [0.4, 0.5) is 19.1 Å². The summed E-state index contributed by atoms with van der Waals surface area (Å²) in [6.45, 7) is 1.21. The number of alkyl halides is 3. The fourth-order valence-corrected chi connectivity index (χ4v) is 3.18. The molecule has 0 aliphatic heterocycles. The first-order valence-electron chi connectivity index (χ1n) is 9.90. The topological polar surface area (TPSA) is 64.3 Å². The standard InChI is InChI=1S/C22H26F3N5O/c1-29(2)11-12-30(3)20(31)14-19(15-7-6-8-16(13-15)22(23,24)25)28-21-26-17-9-4-5-10-18(17)27-21/h4-10,13,19H,11-12,14H2,1-3H3,(H2,26,27,28). The van der Waals surface area contributed by atoms with Gasteiger partial charge in [0.1, 0.15) is 0 Å².